The van der Waals surface area contributed by atoms with Crippen LogP contribution in [0.5, 0.6) is 0 Å². The van der Waals surface area contributed by atoms with E-state index in [2.05, 4.69) is 10.6 Å². The lowest BCUT2D eigenvalue weighted by atomic mass is 10.2. The zero-order chi connectivity index (χ0) is 9.30. The Morgan fingerprint density at radius 2 is 2.00 bits per heavy atom. The van der Waals surface area contributed by atoms with Crippen molar-refractivity contribution in [3.05, 3.63) is 11.5 Å². The summed E-state index contributed by atoms with van der Waals surface area (Å²) in [6, 6.07) is 0. The Hall–Kier alpha value is -1.23. The molecule has 0 saturated carbocycles. The highest BCUT2D eigenvalue weighted by molar-refractivity contribution is 5.94. The maximum absolute atomic E-state index is 11.1. The van der Waals surface area contributed by atoms with Gasteiger partial charge in [0.2, 0.25) is 0 Å². The van der Waals surface area contributed by atoms with Gasteiger partial charge in [-0.1, -0.05) is 0 Å². The van der Waals surface area contributed by atoms with Crippen molar-refractivity contribution in [1.29, 1.82) is 0 Å². The number of hydrogen-bond acceptors (Lipinski definition) is 4. The summed E-state index contributed by atoms with van der Waals surface area (Å²) >= 11 is 0. The maximum Gasteiger partial charge on any atom is 0.254 e. The zero-order valence-electron chi connectivity index (χ0n) is 7.38. The van der Waals surface area contributed by atoms with Crippen molar-refractivity contribution >= 4 is 5.91 Å². The molecule has 1 amide bonds. The normalized spacial score (nSPS) is 24.0. The first-order chi connectivity index (χ1) is 5.52. The molecule has 68 valence electrons. The number of amides is 1. The van der Waals surface area contributed by atoms with E-state index in [0.717, 1.165) is 0 Å². The van der Waals surface area contributed by atoms with Gasteiger partial charge in [-0.2, -0.15) is 0 Å². The molecule has 12 heavy (non-hydrogen) atoms. The molecule has 1 heterocycles. The van der Waals surface area contributed by atoms with Gasteiger partial charge in [0, 0.05) is 0 Å². The minimum Gasteiger partial charge on any atom is -0.494 e. The van der Waals surface area contributed by atoms with E-state index < -0.39 is 0 Å². The van der Waals surface area contributed by atoms with Crippen LogP contribution in [0.1, 0.15) is 6.92 Å². The van der Waals surface area contributed by atoms with Crippen LogP contribution in [0.3, 0.4) is 0 Å². The smallest absolute Gasteiger partial charge is 0.254 e. The SMILES string of the molecule is CC1=C(O)NC(N(C)C)NC1=O. The lowest BCUT2D eigenvalue weighted by Crippen LogP contribution is -2.57. The van der Waals surface area contributed by atoms with Crippen molar-refractivity contribution < 1.29 is 9.90 Å². The Bertz CT molecular complexity index is 235. The van der Waals surface area contributed by atoms with Crippen LogP contribution >= 0.6 is 0 Å². The largest absolute Gasteiger partial charge is 0.494 e. The molecule has 0 aromatic heterocycles. The van der Waals surface area contributed by atoms with E-state index in [1.165, 1.54) is 0 Å². The van der Waals surface area contributed by atoms with Crippen molar-refractivity contribution in [2.24, 2.45) is 0 Å². The molecule has 1 unspecified atom stereocenters. The molecule has 0 bridgehead atoms. The molecule has 1 atom stereocenters. The van der Waals surface area contributed by atoms with Gasteiger partial charge in [-0.3, -0.25) is 9.69 Å². The summed E-state index contributed by atoms with van der Waals surface area (Å²) in [6.45, 7) is 1.56. The topological polar surface area (TPSA) is 64.6 Å². The molecule has 5 nitrogen and oxygen atoms in total. The van der Waals surface area contributed by atoms with Gasteiger partial charge >= 0.3 is 0 Å². The molecule has 1 rings (SSSR count). The van der Waals surface area contributed by atoms with Gasteiger partial charge < -0.3 is 15.7 Å². The predicted molar refractivity (Wildman–Crippen MR) is 44.1 cm³/mol. The number of aliphatic hydroxyl groups is 1. The molecule has 0 aliphatic carbocycles. The van der Waals surface area contributed by atoms with E-state index in [-0.39, 0.29) is 18.1 Å². The third-order valence-electron chi connectivity index (χ3n) is 1.75. The second-order valence-corrected chi connectivity index (χ2v) is 2.96. The van der Waals surface area contributed by atoms with Crippen LogP contribution < -0.4 is 10.6 Å². The van der Waals surface area contributed by atoms with Crippen molar-refractivity contribution in [1.82, 2.24) is 15.5 Å². The Morgan fingerprint density at radius 3 is 2.42 bits per heavy atom. The first-order valence-corrected chi connectivity index (χ1v) is 3.66. The van der Waals surface area contributed by atoms with E-state index in [0.29, 0.717) is 5.57 Å². The Kier molecular flexibility index (Phi) is 2.23. The predicted octanol–water partition coefficient (Wildman–Crippen LogP) is -0.660. The molecule has 1 aliphatic heterocycles. The van der Waals surface area contributed by atoms with Crippen molar-refractivity contribution in [3.8, 4) is 0 Å². The van der Waals surface area contributed by atoms with Gasteiger partial charge in [0.25, 0.3) is 5.91 Å². The average molecular weight is 171 g/mol. The number of carbonyl (C=O) groups excluding carboxylic acids is 1. The second kappa shape index (κ2) is 3.02. The molecular formula is C7H13N3O2. The van der Waals surface area contributed by atoms with Crippen molar-refractivity contribution in [2.75, 3.05) is 14.1 Å². The molecule has 1 aliphatic rings. The number of carbonyl (C=O) groups is 1. The Labute approximate surface area is 71.0 Å². The van der Waals surface area contributed by atoms with Crippen LogP contribution in [0.2, 0.25) is 0 Å². The molecule has 5 heteroatoms. The van der Waals surface area contributed by atoms with Crippen molar-refractivity contribution in [2.45, 2.75) is 13.2 Å². The molecule has 0 spiro atoms. The molecule has 0 fully saturated rings. The second-order valence-electron chi connectivity index (χ2n) is 2.96. The number of nitrogens with one attached hydrogen (secondary N) is 2. The molecule has 0 saturated heterocycles. The fourth-order valence-electron chi connectivity index (χ4n) is 0.872. The molecule has 3 N–H and O–H groups in total. The quantitative estimate of drug-likeness (QED) is 0.490. The Morgan fingerprint density at radius 1 is 1.42 bits per heavy atom. The summed E-state index contributed by atoms with van der Waals surface area (Å²) in [4.78, 5) is 12.9. The van der Waals surface area contributed by atoms with Crippen LogP contribution in [0.15, 0.2) is 11.5 Å². The maximum atomic E-state index is 11.1. The Balaban J connectivity index is 2.78. The highest BCUT2D eigenvalue weighted by Crippen LogP contribution is 2.04. The lowest BCUT2D eigenvalue weighted by Gasteiger charge is -2.30. The van der Waals surface area contributed by atoms with E-state index in [9.17, 15) is 9.90 Å². The van der Waals surface area contributed by atoms with Gasteiger partial charge in [-0.25, -0.2) is 0 Å². The first-order valence-electron chi connectivity index (χ1n) is 3.66. The molecule has 0 radical (unpaired) electrons. The van der Waals surface area contributed by atoms with Crippen LogP contribution in [-0.2, 0) is 4.79 Å². The van der Waals surface area contributed by atoms with Crippen LogP contribution in [-0.4, -0.2) is 36.3 Å². The molecule has 0 aromatic carbocycles. The van der Waals surface area contributed by atoms with E-state index >= 15 is 0 Å². The fraction of sp³-hybridized carbons (Fsp3) is 0.571. The van der Waals surface area contributed by atoms with E-state index in [1.54, 1.807) is 25.9 Å². The third-order valence-corrected chi connectivity index (χ3v) is 1.75. The number of rotatable bonds is 1. The van der Waals surface area contributed by atoms with E-state index in [4.69, 9.17) is 0 Å². The summed E-state index contributed by atoms with van der Waals surface area (Å²) in [5.41, 5.74) is 0.313. The minimum absolute atomic E-state index is 0.0579. The van der Waals surface area contributed by atoms with Crippen molar-refractivity contribution in [3.63, 3.8) is 0 Å². The molecular weight excluding hydrogens is 158 g/mol. The monoisotopic (exact) mass is 171 g/mol. The number of hydrogen-bond donors (Lipinski definition) is 3. The van der Waals surface area contributed by atoms with Crippen LogP contribution in [0.25, 0.3) is 0 Å². The van der Waals surface area contributed by atoms with Crippen LogP contribution in [0.4, 0.5) is 0 Å². The summed E-state index contributed by atoms with van der Waals surface area (Å²) in [7, 11) is 3.60. The first kappa shape index (κ1) is 8.86. The van der Waals surface area contributed by atoms with Gasteiger partial charge in [0.15, 0.2) is 12.2 Å². The molecule has 0 aromatic rings. The minimum atomic E-state index is -0.332. The summed E-state index contributed by atoms with van der Waals surface area (Å²) in [5.74, 6) is -0.303. The van der Waals surface area contributed by atoms with Gasteiger partial charge in [-0.05, 0) is 21.0 Å². The summed E-state index contributed by atoms with van der Waals surface area (Å²) < 4.78 is 0. The summed E-state index contributed by atoms with van der Waals surface area (Å²) in [6.07, 6.45) is -0.332. The highest BCUT2D eigenvalue weighted by Gasteiger charge is 2.23. The fourth-order valence-corrected chi connectivity index (χ4v) is 0.872. The number of aliphatic hydroxyl groups excluding tert-OH is 1. The lowest BCUT2D eigenvalue weighted by molar-refractivity contribution is -0.120. The third kappa shape index (κ3) is 1.50. The highest BCUT2D eigenvalue weighted by atomic mass is 16.3. The van der Waals surface area contributed by atoms with Crippen LogP contribution in [0, 0.1) is 0 Å². The van der Waals surface area contributed by atoms with Gasteiger partial charge in [-0.15, -0.1) is 0 Å². The van der Waals surface area contributed by atoms with Gasteiger partial charge in [0.05, 0.1) is 5.57 Å². The number of nitrogens with zero attached hydrogens (tertiary/aromatic N) is 1. The average Bonchev–Trinajstić information content (AvgIpc) is 1.99. The zero-order valence-corrected chi connectivity index (χ0v) is 7.38. The standard InChI is InChI=1S/C7H13N3O2/c1-4-5(11)8-7(10(2)3)9-6(4)12/h7-8,11H,1-3H3,(H,9,12). The van der Waals surface area contributed by atoms with E-state index in [1.807, 2.05) is 0 Å². The summed E-state index contributed by atoms with van der Waals surface area (Å²) in [5, 5.41) is 14.6. The van der Waals surface area contributed by atoms with Gasteiger partial charge in [0.1, 0.15) is 0 Å².